The molecule has 0 aromatic carbocycles. The highest BCUT2D eigenvalue weighted by molar-refractivity contribution is 5.84. The molecule has 0 aliphatic heterocycles. The maximum Gasteiger partial charge on any atom is 0.328 e. The predicted octanol–water partition coefficient (Wildman–Crippen LogP) is -0.300. The van der Waals surface area contributed by atoms with Crippen LogP contribution < -0.4 is 11.1 Å². The van der Waals surface area contributed by atoms with E-state index in [9.17, 15) is 14.7 Å². The Labute approximate surface area is 101 Å². The second kappa shape index (κ2) is 5.97. The lowest BCUT2D eigenvalue weighted by Gasteiger charge is -2.27. The first-order valence-corrected chi connectivity index (χ1v) is 5.51. The van der Waals surface area contributed by atoms with Gasteiger partial charge >= 0.3 is 5.97 Å². The lowest BCUT2D eigenvalue weighted by atomic mass is 9.85. The predicted molar refractivity (Wildman–Crippen MR) is 63.3 cm³/mol. The van der Waals surface area contributed by atoms with E-state index in [0.29, 0.717) is 0 Å². The van der Waals surface area contributed by atoms with Gasteiger partial charge in [0.15, 0.2) is 6.04 Å². The van der Waals surface area contributed by atoms with E-state index in [1.165, 1.54) is 6.92 Å². The van der Waals surface area contributed by atoms with E-state index < -0.39 is 24.0 Å². The van der Waals surface area contributed by atoms with E-state index in [1.54, 1.807) is 0 Å². The van der Waals surface area contributed by atoms with Gasteiger partial charge in [-0.2, -0.15) is 0 Å². The van der Waals surface area contributed by atoms with E-state index in [4.69, 9.17) is 10.8 Å². The summed E-state index contributed by atoms with van der Waals surface area (Å²) < 4.78 is 0. The minimum absolute atomic E-state index is 0.0278. The van der Waals surface area contributed by atoms with Crippen LogP contribution in [0.25, 0.3) is 0 Å². The zero-order valence-electron chi connectivity index (χ0n) is 10.7. The minimum atomic E-state index is -1.30. The first-order chi connectivity index (χ1) is 7.55. The maximum atomic E-state index is 11.6. The number of aliphatic hydroxyl groups excluding tert-OH is 1. The van der Waals surface area contributed by atoms with E-state index in [1.807, 2.05) is 20.8 Å². The van der Waals surface area contributed by atoms with Gasteiger partial charge in [-0.1, -0.05) is 20.8 Å². The fraction of sp³-hybridized carbons (Fsp3) is 0.818. The summed E-state index contributed by atoms with van der Waals surface area (Å²) in [6.07, 6.45) is -1.12. The molecule has 0 aliphatic carbocycles. The van der Waals surface area contributed by atoms with Gasteiger partial charge in [0.05, 0.1) is 6.10 Å². The van der Waals surface area contributed by atoms with Crippen LogP contribution in [0.15, 0.2) is 0 Å². The van der Waals surface area contributed by atoms with Crippen molar-refractivity contribution in [3.8, 4) is 0 Å². The summed E-state index contributed by atoms with van der Waals surface area (Å²) >= 11 is 0. The molecule has 0 radical (unpaired) electrons. The van der Waals surface area contributed by atoms with Crippen molar-refractivity contribution in [3.63, 3.8) is 0 Å². The quantitative estimate of drug-likeness (QED) is 0.532. The number of nitrogens with one attached hydrogen (secondary N) is 1. The number of rotatable bonds is 5. The van der Waals surface area contributed by atoms with E-state index >= 15 is 0 Å². The van der Waals surface area contributed by atoms with Crippen LogP contribution in [0.1, 0.15) is 34.1 Å². The topological polar surface area (TPSA) is 113 Å². The molecule has 0 aromatic heterocycles. The Hall–Kier alpha value is -1.14. The van der Waals surface area contributed by atoms with Crippen LogP contribution in [-0.4, -0.2) is 40.3 Å². The number of nitrogens with two attached hydrogens (primary N) is 1. The molecule has 1 amide bonds. The Bertz CT molecular complexity index is 284. The summed E-state index contributed by atoms with van der Waals surface area (Å²) in [6.45, 7) is 7.00. The van der Waals surface area contributed by atoms with Gasteiger partial charge in [0.2, 0.25) is 5.91 Å². The van der Waals surface area contributed by atoms with Crippen molar-refractivity contribution in [3.05, 3.63) is 0 Å². The van der Waals surface area contributed by atoms with Crippen LogP contribution >= 0.6 is 0 Å². The average molecular weight is 246 g/mol. The van der Waals surface area contributed by atoms with Crippen LogP contribution in [0.5, 0.6) is 0 Å². The molecule has 0 saturated carbocycles. The zero-order valence-corrected chi connectivity index (χ0v) is 10.7. The van der Waals surface area contributed by atoms with Crippen LogP contribution in [0.4, 0.5) is 0 Å². The van der Waals surface area contributed by atoms with E-state index in [-0.39, 0.29) is 17.9 Å². The van der Waals surface area contributed by atoms with Gasteiger partial charge in [0.1, 0.15) is 0 Å². The average Bonchev–Trinajstić information content (AvgIpc) is 2.11. The highest BCUT2D eigenvalue weighted by Crippen LogP contribution is 2.19. The Morgan fingerprint density at radius 1 is 1.35 bits per heavy atom. The lowest BCUT2D eigenvalue weighted by molar-refractivity contribution is -0.144. The van der Waals surface area contributed by atoms with Gasteiger partial charge in [-0.15, -0.1) is 0 Å². The summed E-state index contributed by atoms with van der Waals surface area (Å²) in [4.78, 5) is 22.3. The summed E-state index contributed by atoms with van der Waals surface area (Å²) in [5.74, 6) is -1.74. The number of aliphatic hydroxyl groups is 1. The van der Waals surface area contributed by atoms with Crippen molar-refractivity contribution < 1.29 is 19.8 Å². The Balaban J connectivity index is 4.40. The first-order valence-electron chi connectivity index (χ1n) is 5.51. The number of carbonyl (C=O) groups excluding carboxylic acids is 1. The molecule has 0 heterocycles. The molecule has 5 N–H and O–H groups in total. The number of amides is 1. The van der Waals surface area contributed by atoms with Crippen LogP contribution in [-0.2, 0) is 9.59 Å². The monoisotopic (exact) mass is 246 g/mol. The molecule has 6 nitrogen and oxygen atoms in total. The third-order valence-corrected chi connectivity index (χ3v) is 2.58. The second-order valence-electron chi connectivity index (χ2n) is 5.30. The van der Waals surface area contributed by atoms with Crippen LogP contribution in [0, 0.1) is 5.41 Å². The SMILES string of the molecule is CC(O)C(NC(=O)CC(N)C(C)(C)C)C(=O)O. The number of aliphatic carboxylic acids is 1. The standard InChI is InChI=1S/C11H22N2O4/c1-6(14)9(10(16)17)13-8(15)5-7(12)11(2,3)4/h6-7,9,14H,5,12H2,1-4H3,(H,13,15)(H,16,17). The molecule has 0 spiro atoms. The van der Waals surface area contributed by atoms with E-state index in [0.717, 1.165) is 0 Å². The largest absolute Gasteiger partial charge is 0.480 e. The van der Waals surface area contributed by atoms with Crippen molar-refractivity contribution in [2.75, 3.05) is 0 Å². The van der Waals surface area contributed by atoms with Gasteiger partial charge < -0.3 is 21.3 Å². The molecule has 17 heavy (non-hydrogen) atoms. The molecule has 0 rings (SSSR count). The highest BCUT2D eigenvalue weighted by Gasteiger charge is 2.28. The summed E-state index contributed by atoms with van der Waals surface area (Å²) in [7, 11) is 0. The molecule has 100 valence electrons. The molecule has 0 bridgehead atoms. The summed E-state index contributed by atoms with van der Waals surface area (Å²) in [6, 6.07) is -1.67. The molecular formula is C11H22N2O4. The molecule has 0 aliphatic rings. The molecule has 0 saturated heterocycles. The molecule has 3 unspecified atom stereocenters. The molecule has 0 aromatic rings. The number of carboxylic acid groups (broad SMARTS) is 1. The number of carbonyl (C=O) groups is 2. The second-order valence-corrected chi connectivity index (χ2v) is 5.30. The van der Waals surface area contributed by atoms with Gasteiger partial charge in [-0.3, -0.25) is 4.79 Å². The van der Waals surface area contributed by atoms with E-state index in [2.05, 4.69) is 5.32 Å². The van der Waals surface area contributed by atoms with Crippen molar-refractivity contribution >= 4 is 11.9 Å². The van der Waals surface area contributed by atoms with Gasteiger partial charge in [0, 0.05) is 12.5 Å². The van der Waals surface area contributed by atoms with Crippen molar-refractivity contribution in [2.24, 2.45) is 11.1 Å². The number of hydrogen-bond acceptors (Lipinski definition) is 4. The van der Waals surface area contributed by atoms with Crippen LogP contribution in [0.2, 0.25) is 0 Å². The third kappa shape index (κ3) is 5.65. The zero-order chi connectivity index (χ0) is 13.8. The fourth-order valence-electron chi connectivity index (χ4n) is 1.13. The normalized spacial score (nSPS) is 17.1. The minimum Gasteiger partial charge on any atom is -0.480 e. The Kier molecular flexibility index (Phi) is 5.57. The molecule has 3 atom stereocenters. The van der Waals surface area contributed by atoms with Crippen molar-refractivity contribution in [1.82, 2.24) is 5.32 Å². The van der Waals surface area contributed by atoms with Crippen molar-refractivity contribution in [2.45, 2.75) is 52.3 Å². The highest BCUT2D eigenvalue weighted by atomic mass is 16.4. The molecule has 6 heteroatoms. The van der Waals surface area contributed by atoms with Gasteiger partial charge in [-0.05, 0) is 12.3 Å². The number of carboxylic acids is 1. The number of hydrogen-bond donors (Lipinski definition) is 4. The fourth-order valence-corrected chi connectivity index (χ4v) is 1.13. The maximum absolute atomic E-state index is 11.6. The first kappa shape index (κ1) is 15.9. The smallest absolute Gasteiger partial charge is 0.328 e. The molecular weight excluding hydrogens is 224 g/mol. The lowest BCUT2D eigenvalue weighted by Crippen LogP contribution is -2.50. The van der Waals surface area contributed by atoms with Gasteiger partial charge in [-0.25, -0.2) is 4.79 Å². The van der Waals surface area contributed by atoms with Crippen molar-refractivity contribution in [1.29, 1.82) is 0 Å². The Morgan fingerprint density at radius 2 is 1.82 bits per heavy atom. The molecule has 0 fully saturated rings. The van der Waals surface area contributed by atoms with Crippen LogP contribution in [0.3, 0.4) is 0 Å². The third-order valence-electron chi connectivity index (χ3n) is 2.58. The van der Waals surface area contributed by atoms with Gasteiger partial charge in [0.25, 0.3) is 0 Å². The summed E-state index contributed by atoms with van der Waals surface area (Å²) in [5, 5.41) is 20.2. The Morgan fingerprint density at radius 3 is 2.12 bits per heavy atom. The summed E-state index contributed by atoms with van der Waals surface area (Å²) in [5.41, 5.74) is 5.57.